The summed E-state index contributed by atoms with van der Waals surface area (Å²) in [4.78, 5) is 10.9. The van der Waals surface area contributed by atoms with Crippen molar-refractivity contribution in [3.63, 3.8) is 0 Å². The topological polar surface area (TPSA) is 35.6 Å². The van der Waals surface area contributed by atoms with Gasteiger partial charge in [-0.2, -0.15) is 0 Å². The molecular formula is C51H34N4. The Morgan fingerprint density at radius 1 is 0.418 bits per heavy atom. The van der Waals surface area contributed by atoms with Gasteiger partial charge in [0.2, 0.25) is 5.95 Å². The molecular weight excluding hydrogens is 669 g/mol. The predicted octanol–water partition coefficient (Wildman–Crippen LogP) is 13.0. The molecule has 3 aromatic heterocycles. The summed E-state index contributed by atoms with van der Waals surface area (Å²) in [6, 6.07) is 61.5. The van der Waals surface area contributed by atoms with Gasteiger partial charge in [0, 0.05) is 43.3 Å². The standard InChI is InChI=1S/C51H34N4/c1-51(2)40-24-12-8-18-32(40)38-29-45-39(28-41(38)51)48-36-22-7-6-21-35(36)46(54-43-26-14-10-19-33(43)34-20-11-15-27-44(34)54)30-47(48)55(45)50-52-42-25-13-9-23-37(42)49(53-50)31-16-4-3-5-17-31/h3-30H,1-2H3. The monoisotopic (exact) mass is 702 g/mol. The Morgan fingerprint density at radius 3 is 1.80 bits per heavy atom. The second-order valence-corrected chi connectivity index (χ2v) is 15.4. The molecule has 3 heterocycles. The molecule has 12 rings (SSSR count). The lowest BCUT2D eigenvalue weighted by atomic mass is 9.82. The molecule has 0 atom stereocenters. The second-order valence-electron chi connectivity index (χ2n) is 15.4. The SMILES string of the molecule is CC1(C)c2ccccc2-c2cc3c(cc21)c1c2ccccc2c(-n2c4ccccc4c4ccccc42)cc1n3-c1nc(-c2ccccc2)c2ccccc2n1. The van der Waals surface area contributed by atoms with E-state index in [1.165, 1.54) is 65.6 Å². The van der Waals surface area contributed by atoms with Crippen molar-refractivity contribution in [1.82, 2.24) is 19.1 Å². The predicted molar refractivity (Wildman–Crippen MR) is 229 cm³/mol. The first-order valence-electron chi connectivity index (χ1n) is 19.0. The van der Waals surface area contributed by atoms with Crippen LogP contribution in [-0.2, 0) is 5.41 Å². The molecule has 0 spiro atoms. The highest BCUT2D eigenvalue weighted by atomic mass is 15.2. The van der Waals surface area contributed by atoms with Gasteiger partial charge in [0.05, 0.1) is 39.0 Å². The molecule has 0 bridgehead atoms. The van der Waals surface area contributed by atoms with Crippen LogP contribution >= 0.6 is 0 Å². The van der Waals surface area contributed by atoms with E-state index in [1.54, 1.807) is 0 Å². The minimum Gasteiger partial charge on any atom is -0.309 e. The van der Waals surface area contributed by atoms with Gasteiger partial charge in [0.25, 0.3) is 0 Å². The first-order valence-corrected chi connectivity index (χ1v) is 19.0. The Labute approximate surface area is 317 Å². The second kappa shape index (κ2) is 11.0. The van der Waals surface area contributed by atoms with Crippen LogP contribution in [0.5, 0.6) is 0 Å². The number of rotatable bonds is 3. The van der Waals surface area contributed by atoms with Crippen molar-refractivity contribution in [2.45, 2.75) is 19.3 Å². The van der Waals surface area contributed by atoms with Gasteiger partial charge in [-0.3, -0.25) is 4.57 Å². The van der Waals surface area contributed by atoms with Gasteiger partial charge in [-0.25, -0.2) is 9.97 Å². The molecule has 0 saturated carbocycles. The molecule has 0 fully saturated rings. The normalized spacial score (nSPS) is 13.4. The van der Waals surface area contributed by atoms with Crippen LogP contribution in [0.15, 0.2) is 170 Å². The summed E-state index contributed by atoms with van der Waals surface area (Å²) in [5, 5.41) is 8.34. The lowest BCUT2D eigenvalue weighted by molar-refractivity contribution is 0.661. The minimum absolute atomic E-state index is 0.146. The molecule has 0 radical (unpaired) electrons. The number of fused-ring (bicyclic) bond motifs is 12. The lowest BCUT2D eigenvalue weighted by Crippen LogP contribution is -2.14. The summed E-state index contributed by atoms with van der Waals surface area (Å²) in [6.45, 7) is 4.72. The highest BCUT2D eigenvalue weighted by Crippen LogP contribution is 2.52. The lowest BCUT2D eigenvalue weighted by Gasteiger charge is -2.21. The Bertz CT molecular complexity index is 3350. The first kappa shape index (κ1) is 30.4. The Kier molecular flexibility index (Phi) is 6.09. The van der Waals surface area contributed by atoms with Gasteiger partial charge in [0.15, 0.2) is 0 Å². The Hall–Kier alpha value is -7.04. The molecule has 0 aliphatic heterocycles. The van der Waals surface area contributed by atoms with Gasteiger partial charge in [-0.05, 0) is 64.0 Å². The summed E-state index contributed by atoms with van der Waals surface area (Å²) < 4.78 is 4.78. The minimum atomic E-state index is -0.146. The van der Waals surface area contributed by atoms with E-state index in [0.717, 1.165) is 38.9 Å². The van der Waals surface area contributed by atoms with Crippen molar-refractivity contribution in [1.29, 1.82) is 0 Å². The van der Waals surface area contributed by atoms with Gasteiger partial charge < -0.3 is 4.57 Å². The number of para-hydroxylation sites is 3. The molecule has 1 aliphatic carbocycles. The van der Waals surface area contributed by atoms with Crippen LogP contribution in [0.3, 0.4) is 0 Å². The van der Waals surface area contributed by atoms with Crippen molar-refractivity contribution >= 4 is 65.3 Å². The van der Waals surface area contributed by atoms with Crippen molar-refractivity contribution in [2.75, 3.05) is 0 Å². The number of aromatic nitrogens is 4. The third-order valence-electron chi connectivity index (χ3n) is 12.1. The van der Waals surface area contributed by atoms with Crippen molar-refractivity contribution < 1.29 is 0 Å². The molecule has 0 N–H and O–H groups in total. The maximum absolute atomic E-state index is 5.50. The first-order chi connectivity index (χ1) is 27.1. The van der Waals surface area contributed by atoms with E-state index < -0.39 is 0 Å². The zero-order chi connectivity index (χ0) is 36.4. The molecule has 258 valence electrons. The molecule has 1 aliphatic rings. The van der Waals surface area contributed by atoms with Crippen LogP contribution < -0.4 is 0 Å². The molecule has 4 nitrogen and oxygen atoms in total. The number of benzene rings is 8. The van der Waals surface area contributed by atoms with Crippen LogP contribution in [-0.4, -0.2) is 19.1 Å². The van der Waals surface area contributed by atoms with Crippen molar-refractivity contribution in [3.8, 4) is 34.0 Å². The van der Waals surface area contributed by atoms with Crippen molar-refractivity contribution in [3.05, 3.63) is 181 Å². The fraction of sp³-hybridized carbons (Fsp3) is 0.0588. The van der Waals surface area contributed by atoms with Gasteiger partial charge in [-0.1, -0.05) is 147 Å². The van der Waals surface area contributed by atoms with Gasteiger partial charge in [0.1, 0.15) is 0 Å². The third kappa shape index (κ3) is 4.11. The van der Waals surface area contributed by atoms with Crippen LogP contribution in [0, 0.1) is 0 Å². The zero-order valence-corrected chi connectivity index (χ0v) is 30.5. The van der Waals surface area contributed by atoms with E-state index >= 15 is 0 Å². The van der Waals surface area contributed by atoms with E-state index in [-0.39, 0.29) is 5.41 Å². The zero-order valence-electron chi connectivity index (χ0n) is 30.5. The summed E-state index contributed by atoms with van der Waals surface area (Å²) >= 11 is 0. The fourth-order valence-electron chi connectivity index (χ4n) is 9.62. The van der Waals surface area contributed by atoms with Gasteiger partial charge >= 0.3 is 0 Å². The molecule has 8 aromatic carbocycles. The highest BCUT2D eigenvalue weighted by Gasteiger charge is 2.36. The number of hydrogen-bond acceptors (Lipinski definition) is 2. The third-order valence-corrected chi connectivity index (χ3v) is 12.1. The summed E-state index contributed by atoms with van der Waals surface area (Å²) in [7, 11) is 0. The molecule has 11 aromatic rings. The maximum Gasteiger partial charge on any atom is 0.235 e. The highest BCUT2D eigenvalue weighted by molar-refractivity contribution is 6.24. The molecule has 0 unspecified atom stereocenters. The Morgan fingerprint density at radius 2 is 1.04 bits per heavy atom. The molecule has 4 heteroatoms. The van der Waals surface area contributed by atoms with E-state index in [4.69, 9.17) is 9.97 Å². The summed E-state index contributed by atoms with van der Waals surface area (Å²) in [5.41, 5.74) is 13.7. The average molecular weight is 703 g/mol. The molecule has 55 heavy (non-hydrogen) atoms. The molecule has 0 amide bonds. The van der Waals surface area contributed by atoms with Gasteiger partial charge in [-0.15, -0.1) is 0 Å². The average Bonchev–Trinajstić information content (AvgIpc) is 3.82. The van der Waals surface area contributed by atoms with E-state index in [9.17, 15) is 0 Å². The van der Waals surface area contributed by atoms with Crippen LogP contribution in [0.25, 0.3) is 99.3 Å². The maximum atomic E-state index is 5.50. The Balaban J connectivity index is 1.29. The molecule has 0 saturated heterocycles. The summed E-state index contributed by atoms with van der Waals surface area (Å²) in [5.74, 6) is 0.659. The summed E-state index contributed by atoms with van der Waals surface area (Å²) in [6.07, 6.45) is 0. The number of nitrogens with zero attached hydrogens (tertiary/aromatic N) is 4. The number of hydrogen-bond donors (Lipinski definition) is 0. The van der Waals surface area contributed by atoms with E-state index in [2.05, 4.69) is 193 Å². The van der Waals surface area contributed by atoms with E-state index in [0.29, 0.717) is 5.95 Å². The van der Waals surface area contributed by atoms with Crippen molar-refractivity contribution in [2.24, 2.45) is 0 Å². The quantitative estimate of drug-likeness (QED) is 0.184. The van der Waals surface area contributed by atoms with Crippen LogP contribution in [0.1, 0.15) is 25.0 Å². The largest absolute Gasteiger partial charge is 0.309 e. The van der Waals surface area contributed by atoms with E-state index in [1.807, 2.05) is 0 Å². The smallest absolute Gasteiger partial charge is 0.235 e. The fourth-order valence-corrected chi connectivity index (χ4v) is 9.62. The van der Waals surface area contributed by atoms with Crippen LogP contribution in [0.4, 0.5) is 0 Å². The van der Waals surface area contributed by atoms with Crippen LogP contribution in [0.2, 0.25) is 0 Å².